The number of fused-ring (bicyclic) bond motifs is 1. The van der Waals surface area contributed by atoms with Crippen molar-refractivity contribution in [1.82, 2.24) is 14.4 Å². The third kappa shape index (κ3) is 2.31. The molecule has 0 amide bonds. The second-order valence-electron chi connectivity index (χ2n) is 4.09. The van der Waals surface area contributed by atoms with Crippen molar-refractivity contribution in [2.45, 2.75) is 26.7 Å². The van der Waals surface area contributed by atoms with Gasteiger partial charge in [-0.2, -0.15) is 0 Å². The Bertz CT molecular complexity index is 631. The Labute approximate surface area is 100 Å². The Morgan fingerprint density at radius 2 is 2.12 bits per heavy atom. The van der Waals surface area contributed by atoms with Gasteiger partial charge >= 0.3 is 0 Å². The van der Waals surface area contributed by atoms with Gasteiger partial charge in [0.2, 0.25) is 0 Å². The lowest BCUT2D eigenvalue weighted by Crippen LogP contribution is -2.17. The van der Waals surface area contributed by atoms with E-state index in [2.05, 4.69) is 10.3 Å². The van der Waals surface area contributed by atoms with Gasteiger partial charge < -0.3 is 0 Å². The second-order valence-corrected chi connectivity index (χ2v) is 6.01. The molecule has 0 aliphatic rings. The SMILES string of the molecule is CCCCS(=O)(=O)n1nnc2cc(C)ccc21. The lowest BCUT2D eigenvalue weighted by Gasteiger charge is -2.03. The summed E-state index contributed by atoms with van der Waals surface area (Å²) in [6.45, 7) is 3.89. The van der Waals surface area contributed by atoms with Crippen LogP contribution in [0.2, 0.25) is 0 Å². The zero-order chi connectivity index (χ0) is 12.5. The van der Waals surface area contributed by atoms with Crippen molar-refractivity contribution in [3.63, 3.8) is 0 Å². The summed E-state index contributed by atoms with van der Waals surface area (Å²) in [5, 5.41) is 7.63. The molecule has 0 atom stereocenters. The van der Waals surface area contributed by atoms with Crippen LogP contribution in [0.1, 0.15) is 25.3 Å². The van der Waals surface area contributed by atoms with Crippen LogP contribution >= 0.6 is 0 Å². The number of nitrogens with zero attached hydrogens (tertiary/aromatic N) is 3. The maximum atomic E-state index is 12.0. The summed E-state index contributed by atoms with van der Waals surface area (Å²) in [7, 11) is -3.38. The fourth-order valence-electron chi connectivity index (χ4n) is 1.63. The highest BCUT2D eigenvalue weighted by Gasteiger charge is 2.17. The van der Waals surface area contributed by atoms with Crippen molar-refractivity contribution in [1.29, 1.82) is 0 Å². The van der Waals surface area contributed by atoms with Crippen LogP contribution in [0.15, 0.2) is 18.2 Å². The normalized spacial score (nSPS) is 12.1. The van der Waals surface area contributed by atoms with E-state index >= 15 is 0 Å². The third-order valence-corrected chi connectivity index (χ3v) is 4.19. The van der Waals surface area contributed by atoms with Crippen molar-refractivity contribution >= 4 is 21.1 Å². The lowest BCUT2D eigenvalue weighted by atomic mass is 10.2. The molecule has 2 aromatic rings. The minimum absolute atomic E-state index is 0.107. The number of hydrogen-bond donors (Lipinski definition) is 0. The minimum Gasteiger partial charge on any atom is -0.205 e. The Morgan fingerprint density at radius 3 is 2.82 bits per heavy atom. The predicted molar refractivity (Wildman–Crippen MR) is 66.4 cm³/mol. The molecule has 0 saturated carbocycles. The van der Waals surface area contributed by atoms with Gasteiger partial charge in [-0.1, -0.05) is 24.6 Å². The average molecular weight is 253 g/mol. The fourth-order valence-corrected chi connectivity index (χ4v) is 3.06. The highest BCUT2D eigenvalue weighted by molar-refractivity contribution is 7.89. The molecule has 0 spiro atoms. The molecule has 0 saturated heterocycles. The van der Waals surface area contributed by atoms with E-state index in [9.17, 15) is 8.42 Å². The Kier molecular flexibility index (Phi) is 3.15. The monoisotopic (exact) mass is 253 g/mol. The van der Waals surface area contributed by atoms with Crippen LogP contribution < -0.4 is 0 Å². The number of unbranched alkanes of at least 4 members (excludes halogenated alkanes) is 1. The third-order valence-electron chi connectivity index (χ3n) is 2.59. The van der Waals surface area contributed by atoms with E-state index in [0.717, 1.165) is 16.1 Å². The maximum Gasteiger partial charge on any atom is 0.255 e. The first-order chi connectivity index (χ1) is 8.04. The van der Waals surface area contributed by atoms with Crippen molar-refractivity contribution < 1.29 is 8.42 Å². The molecule has 0 fully saturated rings. The standard InChI is InChI=1S/C11H15N3O2S/c1-3-4-7-17(15,16)14-11-6-5-9(2)8-10(11)12-13-14/h5-6,8H,3-4,7H2,1-2H3. The average Bonchev–Trinajstić information content (AvgIpc) is 2.69. The molecule has 1 aromatic carbocycles. The van der Waals surface area contributed by atoms with Crippen LogP contribution in [0.25, 0.3) is 11.0 Å². The summed E-state index contributed by atoms with van der Waals surface area (Å²) in [4.78, 5) is 0. The van der Waals surface area contributed by atoms with Gasteiger partial charge in [0.25, 0.3) is 10.0 Å². The molecular weight excluding hydrogens is 238 g/mol. The number of aromatic nitrogens is 3. The zero-order valence-electron chi connectivity index (χ0n) is 9.92. The van der Waals surface area contributed by atoms with Crippen LogP contribution in [0.3, 0.4) is 0 Å². The van der Waals surface area contributed by atoms with Gasteiger partial charge in [0.1, 0.15) is 11.0 Å². The minimum atomic E-state index is -3.38. The van der Waals surface area contributed by atoms with E-state index in [1.54, 1.807) is 6.07 Å². The van der Waals surface area contributed by atoms with Gasteiger partial charge in [-0.25, -0.2) is 8.42 Å². The highest BCUT2D eigenvalue weighted by atomic mass is 32.2. The van der Waals surface area contributed by atoms with Crippen molar-refractivity contribution in [2.24, 2.45) is 0 Å². The molecule has 1 aromatic heterocycles. The first-order valence-corrected chi connectivity index (χ1v) is 7.21. The molecule has 17 heavy (non-hydrogen) atoms. The Morgan fingerprint density at radius 1 is 1.35 bits per heavy atom. The van der Waals surface area contributed by atoms with Crippen molar-refractivity contribution in [3.8, 4) is 0 Å². The molecule has 0 N–H and O–H groups in total. The number of rotatable bonds is 4. The van der Waals surface area contributed by atoms with E-state index in [4.69, 9.17) is 0 Å². The van der Waals surface area contributed by atoms with E-state index in [-0.39, 0.29) is 5.75 Å². The van der Waals surface area contributed by atoms with Crippen molar-refractivity contribution in [3.05, 3.63) is 23.8 Å². The molecule has 1 heterocycles. The summed E-state index contributed by atoms with van der Waals surface area (Å²) in [6.07, 6.45) is 1.47. The Hall–Kier alpha value is -1.43. The van der Waals surface area contributed by atoms with Gasteiger partial charge in [0.15, 0.2) is 0 Å². The molecule has 0 radical (unpaired) electrons. The van der Waals surface area contributed by atoms with Gasteiger partial charge in [-0.05, 0) is 31.0 Å². The largest absolute Gasteiger partial charge is 0.255 e. The van der Waals surface area contributed by atoms with Crippen molar-refractivity contribution in [2.75, 3.05) is 5.75 Å². The molecule has 5 nitrogen and oxygen atoms in total. The summed E-state index contributed by atoms with van der Waals surface area (Å²) in [5.41, 5.74) is 2.20. The van der Waals surface area contributed by atoms with Gasteiger partial charge in [0, 0.05) is 0 Å². The predicted octanol–water partition coefficient (Wildman–Crippen LogP) is 1.72. The molecule has 92 valence electrons. The molecule has 0 aliphatic heterocycles. The summed E-state index contributed by atoms with van der Waals surface area (Å²) < 4.78 is 25.1. The van der Waals surface area contributed by atoms with Gasteiger partial charge in [-0.3, -0.25) is 0 Å². The summed E-state index contributed by atoms with van der Waals surface area (Å²) in [5.74, 6) is 0.107. The van der Waals surface area contributed by atoms with Gasteiger partial charge in [-0.15, -0.1) is 9.19 Å². The molecule has 6 heteroatoms. The van der Waals surface area contributed by atoms with E-state index in [1.165, 1.54) is 0 Å². The number of aryl methyl sites for hydroxylation is 1. The first kappa shape index (κ1) is 12.0. The highest BCUT2D eigenvalue weighted by Crippen LogP contribution is 2.15. The molecular formula is C11H15N3O2S. The molecule has 0 bridgehead atoms. The fraction of sp³-hybridized carbons (Fsp3) is 0.455. The van der Waals surface area contributed by atoms with Crippen LogP contribution in [0.5, 0.6) is 0 Å². The van der Waals surface area contributed by atoms with E-state index in [0.29, 0.717) is 17.5 Å². The van der Waals surface area contributed by atoms with Crippen LogP contribution in [-0.2, 0) is 10.0 Å². The van der Waals surface area contributed by atoms with Crippen LogP contribution in [0.4, 0.5) is 0 Å². The van der Waals surface area contributed by atoms with Crippen LogP contribution in [-0.4, -0.2) is 28.6 Å². The topological polar surface area (TPSA) is 64.8 Å². The summed E-state index contributed by atoms with van der Waals surface area (Å²) >= 11 is 0. The molecule has 2 rings (SSSR count). The maximum absolute atomic E-state index is 12.0. The lowest BCUT2D eigenvalue weighted by molar-refractivity contribution is 0.576. The summed E-state index contributed by atoms with van der Waals surface area (Å²) in [6, 6.07) is 5.43. The van der Waals surface area contributed by atoms with Gasteiger partial charge in [0.05, 0.1) is 5.75 Å². The quantitative estimate of drug-likeness (QED) is 0.832. The number of benzene rings is 1. The van der Waals surface area contributed by atoms with E-state index in [1.807, 2.05) is 26.0 Å². The van der Waals surface area contributed by atoms with Crippen LogP contribution in [0, 0.1) is 6.92 Å². The molecule has 0 unspecified atom stereocenters. The second kappa shape index (κ2) is 4.44. The smallest absolute Gasteiger partial charge is 0.205 e. The zero-order valence-corrected chi connectivity index (χ0v) is 10.7. The number of hydrogen-bond acceptors (Lipinski definition) is 4. The van der Waals surface area contributed by atoms with E-state index < -0.39 is 10.0 Å². The Balaban J connectivity index is 2.49. The molecule has 0 aliphatic carbocycles. The first-order valence-electron chi connectivity index (χ1n) is 5.60.